The van der Waals surface area contributed by atoms with Gasteiger partial charge in [0.05, 0.1) is 57.8 Å². The van der Waals surface area contributed by atoms with Crippen LogP contribution in [0.5, 0.6) is 17.2 Å². The van der Waals surface area contributed by atoms with Crippen LogP contribution in [-0.2, 0) is 39.5 Å². The molecule has 0 spiro atoms. The second-order valence-electron chi connectivity index (χ2n) is 23.2. The Bertz CT molecular complexity index is 3100. The number of aliphatic hydroxyl groups is 6. The van der Waals surface area contributed by atoms with Crippen LogP contribution in [0.2, 0.25) is 0 Å². The number of nitrogens with zero attached hydrogens (tertiary/aromatic N) is 3. The van der Waals surface area contributed by atoms with Gasteiger partial charge in [-0.2, -0.15) is 0 Å². The average Bonchev–Trinajstić information content (AvgIpc) is 0.712. The van der Waals surface area contributed by atoms with E-state index in [1.165, 1.54) is 50.5 Å². The number of hydrogen-bond donors (Lipinski definition) is 10. The van der Waals surface area contributed by atoms with Crippen LogP contribution in [0.1, 0.15) is 86.7 Å². The van der Waals surface area contributed by atoms with Gasteiger partial charge in [-0.1, -0.05) is 91.0 Å². The lowest BCUT2D eigenvalue weighted by molar-refractivity contribution is -0.192. The summed E-state index contributed by atoms with van der Waals surface area (Å²) in [5, 5.41) is 71.0. The molecule has 11 N–H and O–H groups in total. The van der Waals surface area contributed by atoms with Gasteiger partial charge in [0.25, 0.3) is 17.7 Å². The molecule has 6 aromatic rings. The standard InChI is InChI=1S/C62H73N7O15/c63-37-59-31-60(38-64-56(79)50-53(82-28-41-10-4-1-5-11-41)47(76)16-19-67(50)22-44(73)25-70)34-61(32-59,39-65-57(80)51-54(83-29-42-12-6-2-7-13-42)48(77)17-20-68(51)23-45(74)26-71)36-62(33-59,35-60)40-66-58(81)52-55(84-30-43-14-8-3-9-15-43)49(78)18-21-69(52)24-46(75)27-72/h1-21,44-46,70-75H,22-40,63H2,(H,64,79)(H,65,80)(H,66,81). The first-order valence-electron chi connectivity index (χ1n) is 28.1. The Kier molecular flexibility index (Phi) is 19.0. The van der Waals surface area contributed by atoms with Crippen molar-refractivity contribution in [3.63, 3.8) is 0 Å². The molecule has 84 heavy (non-hydrogen) atoms. The summed E-state index contributed by atoms with van der Waals surface area (Å²) >= 11 is 0. The molecule has 4 bridgehead atoms. The summed E-state index contributed by atoms with van der Waals surface area (Å²) in [5.74, 6) is -2.97. The maximum atomic E-state index is 15.0. The minimum atomic E-state index is -1.31. The molecule has 4 fully saturated rings. The molecule has 10 rings (SSSR count). The molecule has 22 heteroatoms. The summed E-state index contributed by atoms with van der Waals surface area (Å²) in [6.07, 6.45) is 2.78. The number of carbonyl (C=O) groups excluding carboxylic acids is 3. The topological polar surface area (TPSA) is 328 Å². The first-order valence-corrected chi connectivity index (χ1v) is 28.1. The van der Waals surface area contributed by atoms with E-state index in [0.717, 1.165) is 0 Å². The van der Waals surface area contributed by atoms with E-state index in [0.29, 0.717) is 55.2 Å². The van der Waals surface area contributed by atoms with E-state index in [1.807, 2.05) is 18.2 Å². The minimum absolute atomic E-state index is 0.00770. The molecule has 0 saturated heterocycles. The van der Waals surface area contributed by atoms with Crippen molar-refractivity contribution in [1.82, 2.24) is 29.7 Å². The second kappa shape index (κ2) is 26.3. The molecule has 4 aliphatic carbocycles. The fraction of sp³-hybridized carbons (Fsp3) is 0.419. The molecule has 0 radical (unpaired) electrons. The third-order valence-electron chi connectivity index (χ3n) is 16.4. The monoisotopic (exact) mass is 1160 g/mol. The summed E-state index contributed by atoms with van der Waals surface area (Å²) in [5.41, 5.74) is 3.55. The smallest absolute Gasteiger partial charge is 0.271 e. The highest BCUT2D eigenvalue weighted by molar-refractivity contribution is 5.96. The van der Waals surface area contributed by atoms with Crippen LogP contribution < -0.4 is 52.2 Å². The fourth-order valence-corrected chi connectivity index (χ4v) is 13.6. The Morgan fingerprint density at radius 2 is 0.702 bits per heavy atom. The molecule has 4 saturated carbocycles. The number of nitrogens with two attached hydrogens (primary N) is 1. The number of aliphatic hydroxyl groups excluding tert-OH is 6. The maximum absolute atomic E-state index is 15.0. The van der Waals surface area contributed by atoms with Crippen LogP contribution in [0.25, 0.3) is 0 Å². The van der Waals surface area contributed by atoms with E-state index in [9.17, 15) is 59.4 Å². The Hall–Kier alpha value is -7.96. The number of rotatable bonds is 28. The van der Waals surface area contributed by atoms with Gasteiger partial charge in [0.15, 0.2) is 34.3 Å². The summed E-state index contributed by atoms with van der Waals surface area (Å²) in [4.78, 5) is 85.9. The highest BCUT2D eigenvalue weighted by Gasteiger charge is 2.67. The molecule has 3 aromatic carbocycles. The Labute approximate surface area is 484 Å². The van der Waals surface area contributed by atoms with Gasteiger partial charge in [-0.3, -0.25) is 28.8 Å². The number of hydrogen-bond acceptors (Lipinski definition) is 16. The van der Waals surface area contributed by atoms with E-state index in [-0.39, 0.29) is 100.0 Å². The van der Waals surface area contributed by atoms with E-state index in [2.05, 4.69) is 16.0 Å². The number of carbonyl (C=O) groups is 3. The summed E-state index contributed by atoms with van der Waals surface area (Å²) in [6.45, 7) is -2.81. The van der Waals surface area contributed by atoms with Crippen LogP contribution in [-0.4, -0.2) is 126 Å². The van der Waals surface area contributed by atoms with Gasteiger partial charge >= 0.3 is 0 Å². The number of aromatic nitrogens is 3. The van der Waals surface area contributed by atoms with Crippen molar-refractivity contribution in [2.24, 2.45) is 27.4 Å². The van der Waals surface area contributed by atoms with Crippen LogP contribution in [0.4, 0.5) is 0 Å². The molecule has 3 unspecified atom stereocenters. The van der Waals surface area contributed by atoms with Crippen LogP contribution in [0, 0.1) is 21.7 Å². The lowest BCUT2D eigenvalue weighted by atomic mass is 9.35. The van der Waals surface area contributed by atoms with Crippen molar-refractivity contribution in [3.05, 3.63) is 192 Å². The largest absolute Gasteiger partial charge is 0.483 e. The van der Waals surface area contributed by atoms with Crippen molar-refractivity contribution in [1.29, 1.82) is 0 Å². The maximum Gasteiger partial charge on any atom is 0.271 e. The summed E-state index contributed by atoms with van der Waals surface area (Å²) in [6, 6.07) is 30.7. The van der Waals surface area contributed by atoms with Crippen molar-refractivity contribution < 1.29 is 59.2 Å². The van der Waals surface area contributed by atoms with Gasteiger partial charge in [0, 0.05) is 56.4 Å². The lowest BCUT2D eigenvalue weighted by Crippen LogP contribution is -2.68. The molecule has 446 valence electrons. The van der Waals surface area contributed by atoms with E-state index >= 15 is 0 Å². The van der Waals surface area contributed by atoms with Crippen LogP contribution >= 0.6 is 0 Å². The molecular formula is C62H73N7O15. The number of amides is 3. The van der Waals surface area contributed by atoms with Gasteiger partial charge in [-0.25, -0.2) is 0 Å². The first kappa shape index (κ1) is 60.6. The highest BCUT2D eigenvalue weighted by atomic mass is 16.5. The molecule has 22 nitrogen and oxygen atoms in total. The predicted molar refractivity (Wildman–Crippen MR) is 307 cm³/mol. The normalized spacial score (nSPS) is 21.5. The fourth-order valence-electron chi connectivity index (χ4n) is 13.6. The van der Waals surface area contributed by atoms with Gasteiger partial charge in [-0.15, -0.1) is 0 Å². The average molecular weight is 1160 g/mol. The van der Waals surface area contributed by atoms with Crippen molar-refractivity contribution in [2.45, 2.75) is 96.3 Å². The molecule has 3 heterocycles. The minimum Gasteiger partial charge on any atom is -0.483 e. The molecule has 4 aliphatic rings. The number of nitrogens with one attached hydrogen (secondary N) is 3. The lowest BCUT2D eigenvalue weighted by Gasteiger charge is -2.71. The SMILES string of the molecule is NCC12CC3(CNC(=O)c4c(OCc5ccccc5)c(=O)ccn4CC(O)CO)CC(CNC(=O)c4c(OCc5ccccc5)c(=O)ccn4CC(O)CO)(C1)CC(CNC(=O)c1c(OCc4ccccc4)c(=O)ccn1CC(O)CO)(C2)C3. The van der Waals surface area contributed by atoms with Gasteiger partial charge < -0.3 is 80.2 Å². The zero-order valence-electron chi connectivity index (χ0n) is 46.6. The Morgan fingerprint density at radius 3 is 0.952 bits per heavy atom. The summed E-state index contributed by atoms with van der Waals surface area (Å²) in [7, 11) is 0. The molecule has 0 aliphatic heterocycles. The Balaban J connectivity index is 1.08. The van der Waals surface area contributed by atoms with Crippen LogP contribution in [0.3, 0.4) is 0 Å². The third-order valence-corrected chi connectivity index (χ3v) is 16.4. The van der Waals surface area contributed by atoms with E-state index < -0.39 is 93.8 Å². The van der Waals surface area contributed by atoms with Gasteiger partial charge in [0.2, 0.25) is 16.3 Å². The molecule has 3 aromatic heterocycles. The second-order valence-corrected chi connectivity index (χ2v) is 23.2. The van der Waals surface area contributed by atoms with Crippen LogP contribution in [0.15, 0.2) is 142 Å². The summed E-state index contributed by atoms with van der Waals surface area (Å²) < 4.78 is 22.4. The van der Waals surface area contributed by atoms with Crippen molar-refractivity contribution in [3.8, 4) is 17.2 Å². The zero-order valence-corrected chi connectivity index (χ0v) is 46.6. The van der Waals surface area contributed by atoms with Gasteiger partial charge in [-0.05, 0) is 83.4 Å². The van der Waals surface area contributed by atoms with E-state index in [1.54, 1.807) is 72.8 Å². The van der Waals surface area contributed by atoms with Crippen molar-refractivity contribution in [2.75, 3.05) is 46.0 Å². The molecule has 3 atom stereocenters. The first-order chi connectivity index (χ1) is 40.4. The van der Waals surface area contributed by atoms with Gasteiger partial charge in [0.1, 0.15) is 19.8 Å². The highest BCUT2D eigenvalue weighted by Crippen LogP contribution is 2.73. The quantitative estimate of drug-likeness (QED) is 0.0335. The third kappa shape index (κ3) is 13.8. The Morgan fingerprint density at radius 1 is 0.440 bits per heavy atom. The molecule has 3 amide bonds. The molecular weight excluding hydrogens is 1080 g/mol. The van der Waals surface area contributed by atoms with E-state index in [4.69, 9.17) is 19.9 Å². The number of benzene rings is 3. The number of pyridine rings is 3. The van der Waals surface area contributed by atoms with Crippen molar-refractivity contribution >= 4 is 17.7 Å². The number of ether oxygens (including phenoxy) is 3. The predicted octanol–water partition coefficient (Wildman–Crippen LogP) is 1.84. The zero-order chi connectivity index (χ0) is 59.7.